The fraction of sp³-hybridized carbons (Fsp3) is 0.650. The topological polar surface area (TPSA) is 49.3 Å². The molecule has 1 aromatic carbocycles. The monoisotopic (exact) mass is 315 g/mol. The minimum absolute atomic E-state index is 0.177. The number of carbonyl (C=O) groups excluding carboxylic acids is 1. The number of nitrogens with one attached hydrogen (secondary N) is 1. The van der Waals surface area contributed by atoms with Gasteiger partial charge in [-0.25, -0.2) is 0 Å². The fourth-order valence-corrected chi connectivity index (χ4v) is 4.29. The molecule has 3 heteroatoms. The molecule has 0 radical (unpaired) electrons. The van der Waals surface area contributed by atoms with Crippen LogP contribution in [-0.4, -0.2) is 23.2 Å². The number of rotatable bonds is 3. The molecule has 2 aliphatic rings. The molecule has 23 heavy (non-hydrogen) atoms. The zero-order valence-corrected chi connectivity index (χ0v) is 14.2. The molecule has 0 aromatic heterocycles. The fourth-order valence-electron chi connectivity index (χ4n) is 4.29. The van der Waals surface area contributed by atoms with Gasteiger partial charge in [-0.15, -0.1) is 0 Å². The van der Waals surface area contributed by atoms with E-state index in [1.807, 2.05) is 0 Å². The Balaban J connectivity index is 1.79. The van der Waals surface area contributed by atoms with Gasteiger partial charge in [0.2, 0.25) is 5.91 Å². The van der Waals surface area contributed by atoms with Crippen molar-refractivity contribution in [3.8, 4) is 0 Å². The lowest BCUT2D eigenvalue weighted by atomic mass is 9.68. The van der Waals surface area contributed by atoms with Crippen LogP contribution in [0.15, 0.2) is 24.3 Å². The lowest BCUT2D eigenvalue weighted by Gasteiger charge is -2.38. The molecule has 2 N–H and O–H groups in total. The standard InChI is InChI=1S/C20H29NO2/c1-15-6-5-7-16(14-15)20(12-3-2-4-13-20)19(23)21-17-8-10-18(22)11-9-17/h5-7,14,17-18,22H,2-4,8-13H2,1H3,(H,21,23). The summed E-state index contributed by atoms with van der Waals surface area (Å²) < 4.78 is 0. The zero-order valence-electron chi connectivity index (χ0n) is 14.2. The van der Waals surface area contributed by atoms with Crippen LogP contribution < -0.4 is 5.32 Å². The van der Waals surface area contributed by atoms with Gasteiger partial charge in [0.05, 0.1) is 11.5 Å². The Kier molecular flexibility index (Phi) is 5.05. The molecular weight excluding hydrogens is 286 g/mol. The van der Waals surface area contributed by atoms with Crippen molar-refractivity contribution in [3.63, 3.8) is 0 Å². The second kappa shape index (κ2) is 7.04. The molecule has 2 fully saturated rings. The van der Waals surface area contributed by atoms with Gasteiger partial charge in [0, 0.05) is 6.04 Å². The van der Waals surface area contributed by atoms with Crippen LogP contribution in [0.2, 0.25) is 0 Å². The summed E-state index contributed by atoms with van der Waals surface area (Å²) in [5, 5.41) is 13.0. The van der Waals surface area contributed by atoms with Crippen LogP contribution in [0.1, 0.15) is 68.9 Å². The maximum absolute atomic E-state index is 13.2. The van der Waals surface area contributed by atoms with Gasteiger partial charge < -0.3 is 10.4 Å². The van der Waals surface area contributed by atoms with Crippen molar-refractivity contribution in [2.45, 2.75) is 82.3 Å². The number of aryl methyl sites for hydroxylation is 1. The van der Waals surface area contributed by atoms with Crippen molar-refractivity contribution < 1.29 is 9.90 Å². The van der Waals surface area contributed by atoms with Crippen LogP contribution >= 0.6 is 0 Å². The SMILES string of the molecule is Cc1cccc(C2(C(=O)NC3CCC(O)CC3)CCCCC2)c1. The third-order valence-electron chi connectivity index (χ3n) is 5.74. The summed E-state index contributed by atoms with van der Waals surface area (Å²) in [6.45, 7) is 2.10. The summed E-state index contributed by atoms with van der Waals surface area (Å²) in [6, 6.07) is 8.72. The normalized spacial score (nSPS) is 27.4. The molecule has 0 aliphatic heterocycles. The minimum atomic E-state index is -0.347. The summed E-state index contributed by atoms with van der Waals surface area (Å²) in [7, 11) is 0. The second-order valence-corrected chi connectivity index (χ2v) is 7.49. The molecule has 0 saturated heterocycles. The molecule has 0 bridgehead atoms. The molecule has 0 heterocycles. The van der Waals surface area contributed by atoms with Crippen molar-refractivity contribution >= 4 is 5.91 Å². The Morgan fingerprint density at radius 1 is 1.13 bits per heavy atom. The van der Waals surface area contributed by atoms with Gasteiger partial charge in [-0.3, -0.25) is 4.79 Å². The van der Waals surface area contributed by atoms with E-state index in [0.29, 0.717) is 0 Å². The maximum atomic E-state index is 13.2. The van der Waals surface area contributed by atoms with E-state index in [9.17, 15) is 9.90 Å². The number of hydrogen-bond donors (Lipinski definition) is 2. The van der Waals surface area contributed by atoms with Gasteiger partial charge in [-0.2, -0.15) is 0 Å². The second-order valence-electron chi connectivity index (χ2n) is 7.49. The summed E-state index contributed by atoms with van der Waals surface area (Å²) in [6.07, 6.45) is 8.64. The Morgan fingerprint density at radius 2 is 1.83 bits per heavy atom. The van der Waals surface area contributed by atoms with E-state index in [-0.39, 0.29) is 23.5 Å². The molecule has 3 rings (SSSR count). The summed E-state index contributed by atoms with van der Waals surface area (Å²) in [5.74, 6) is 0.212. The van der Waals surface area contributed by atoms with Crippen LogP contribution in [0, 0.1) is 6.92 Å². The summed E-state index contributed by atoms with van der Waals surface area (Å²) in [4.78, 5) is 13.2. The molecular formula is C20H29NO2. The Labute approximate surface area is 139 Å². The van der Waals surface area contributed by atoms with Crippen molar-refractivity contribution in [2.75, 3.05) is 0 Å². The van der Waals surface area contributed by atoms with Gasteiger partial charge >= 0.3 is 0 Å². The molecule has 0 atom stereocenters. The van der Waals surface area contributed by atoms with Crippen LogP contribution in [0.5, 0.6) is 0 Å². The highest BCUT2D eigenvalue weighted by Gasteiger charge is 2.42. The first kappa shape index (κ1) is 16.5. The predicted octanol–water partition coefficient (Wildman–Crippen LogP) is 3.62. The Bertz CT molecular complexity index is 540. The van der Waals surface area contributed by atoms with E-state index < -0.39 is 0 Å². The molecule has 0 unspecified atom stereocenters. The number of amides is 1. The molecule has 126 valence electrons. The highest BCUT2D eigenvalue weighted by atomic mass is 16.3. The highest BCUT2D eigenvalue weighted by molar-refractivity contribution is 5.88. The van der Waals surface area contributed by atoms with Gasteiger partial charge in [-0.1, -0.05) is 49.1 Å². The number of aliphatic hydroxyl groups is 1. The smallest absolute Gasteiger partial charge is 0.230 e. The average Bonchev–Trinajstić information content (AvgIpc) is 2.57. The first-order chi connectivity index (χ1) is 11.1. The predicted molar refractivity (Wildman–Crippen MR) is 92.3 cm³/mol. The maximum Gasteiger partial charge on any atom is 0.230 e. The quantitative estimate of drug-likeness (QED) is 0.895. The Morgan fingerprint density at radius 3 is 2.48 bits per heavy atom. The lowest BCUT2D eigenvalue weighted by molar-refractivity contribution is -0.129. The van der Waals surface area contributed by atoms with Crippen LogP contribution in [0.4, 0.5) is 0 Å². The summed E-state index contributed by atoms with van der Waals surface area (Å²) >= 11 is 0. The van der Waals surface area contributed by atoms with Gasteiger partial charge in [0.1, 0.15) is 0 Å². The molecule has 2 saturated carbocycles. The number of benzene rings is 1. The summed E-state index contributed by atoms with van der Waals surface area (Å²) in [5.41, 5.74) is 2.06. The van der Waals surface area contributed by atoms with Crippen molar-refractivity contribution in [3.05, 3.63) is 35.4 Å². The van der Waals surface area contributed by atoms with Crippen molar-refractivity contribution in [1.82, 2.24) is 5.32 Å². The third-order valence-corrected chi connectivity index (χ3v) is 5.74. The van der Waals surface area contributed by atoms with E-state index in [2.05, 4.69) is 36.5 Å². The molecule has 0 spiro atoms. The largest absolute Gasteiger partial charge is 0.393 e. The Hall–Kier alpha value is -1.35. The van der Waals surface area contributed by atoms with Gasteiger partial charge in [-0.05, 0) is 51.0 Å². The van der Waals surface area contributed by atoms with Crippen molar-refractivity contribution in [1.29, 1.82) is 0 Å². The number of carbonyl (C=O) groups is 1. The molecule has 3 nitrogen and oxygen atoms in total. The average molecular weight is 315 g/mol. The van der Waals surface area contributed by atoms with Crippen LogP contribution in [-0.2, 0) is 10.2 Å². The van der Waals surface area contributed by atoms with E-state index >= 15 is 0 Å². The lowest BCUT2D eigenvalue weighted by Crippen LogP contribution is -2.50. The van der Waals surface area contributed by atoms with E-state index in [1.165, 1.54) is 17.5 Å². The number of hydrogen-bond acceptors (Lipinski definition) is 2. The molecule has 1 amide bonds. The first-order valence-corrected chi connectivity index (χ1v) is 9.16. The number of aliphatic hydroxyl groups excluding tert-OH is 1. The zero-order chi connectivity index (χ0) is 16.3. The van der Waals surface area contributed by atoms with Gasteiger partial charge in [0.15, 0.2) is 0 Å². The van der Waals surface area contributed by atoms with Crippen LogP contribution in [0.25, 0.3) is 0 Å². The van der Waals surface area contributed by atoms with Crippen LogP contribution in [0.3, 0.4) is 0 Å². The third kappa shape index (κ3) is 3.60. The van der Waals surface area contributed by atoms with E-state index in [0.717, 1.165) is 51.4 Å². The van der Waals surface area contributed by atoms with Crippen molar-refractivity contribution in [2.24, 2.45) is 0 Å². The highest BCUT2D eigenvalue weighted by Crippen LogP contribution is 2.40. The molecule has 1 aromatic rings. The minimum Gasteiger partial charge on any atom is -0.393 e. The van der Waals surface area contributed by atoms with E-state index in [1.54, 1.807) is 0 Å². The first-order valence-electron chi connectivity index (χ1n) is 9.16. The van der Waals surface area contributed by atoms with Gasteiger partial charge in [0.25, 0.3) is 0 Å². The van der Waals surface area contributed by atoms with E-state index in [4.69, 9.17) is 0 Å². The molecule has 2 aliphatic carbocycles.